The van der Waals surface area contributed by atoms with Crippen LogP contribution in [0.15, 0.2) is 36.7 Å². The lowest BCUT2D eigenvalue weighted by Gasteiger charge is -2.38. The summed E-state index contributed by atoms with van der Waals surface area (Å²) in [7, 11) is 6.04. The second kappa shape index (κ2) is 7.75. The number of halogens is 1. The molecule has 2 aromatic heterocycles. The average Bonchev–Trinajstić information content (AvgIpc) is 2.73. The van der Waals surface area contributed by atoms with Crippen LogP contribution in [0.4, 0.5) is 17.6 Å². The smallest absolute Gasteiger partial charge is 0.227 e. The molecular weight excluding hydrogens is 374 g/mol. The van der Waals surface area contributed by atoms with Crippen molar-refractivity contribution in [1.82, 2.24) is 19.9 Å². The number of hydrogen-bond acceptors (Lipinski definition) is 7. The Hall–Kier alpha value is -2.67. The monoisotopic (exact) mass is 397 g/mol. The number of aromatic nitrogens is 4. The van der Waals surface area contributed by atoms with Gasteiger partial charge in [0, 0.05) is 51.5 Å². The van der Waals surface area contributed by atoms with Crippen molar-refractivity contribution in [2.45, 2.75) is 18.9 Å². The van der Waals surface area contributed by atoms with Crippen molar-refractivity contribution in [1.29, 1.82) is 0 Å². The van der Waals surface area contributed by atoms with Gasteiger partial charge >= 0.3 is 0 Å². The van der Waals surface area contributed by atoms with Crippen molar-refractivity contribution in [2.75, 3.05) is 48.9 Å². The zero-order valence-corrected chi connectivity index (χ0v) is 17.1. The fourth-order valence-electron chi connectivity index (χ4n) is 3.53. The fourth-order valence-corrected chi connectivity index (χ4v) is 3.69. The number of rotatable bonds is 4. The summed E-state index contributed by atoms with van der Waals surface area (Å²) in [6.07, 6.45) is 5.83. The lowest BCUT2D eigenvalue weighted by molar-refractivity contribution is 0.481. The van der Waals surface area contributed by atoms with Gasteiger partial charge in [-0.25, -0.2) is 9.97 Å². The van der Waals surface area contributed by atoms with E-state index in [2.05, 4.69) is 31.8 Å². The summed E-state index contributed by atoms with van der Waals surface area (Å²) in [5.41, 5.74) is 1.68. The van der Waals surface area contributed by atoms with E-state index in [1.807, 2.05) is 55.7 Å². The number of nitrogens with zero attached hydrogens (tertiary/aromatic N) is 7. The molecule has 1 aliphatic heterocycles. The van der Waals surface area contributed by atoms with Crippen LogP contribution in [0, 0.1) is 0 Å². The molecule has 3 aromatic rings. The molecular formula is C20H24ClN7. The standard InChI is InChI=1S/C20H24ClN7/c1-26(2)18-8-9-22-20(25-18)27(3)15-5-4-10-28(13-15)19-12-23-17-11-14(21)6-7-16(17)24-19/h6-9,11-12,15H,4-5,10,13H2,1-3H3. The van der Waals surface area contributed by atoms with Crippen LogP contribution in [0.3, 0.4) is 0 Å². The maximum absolute atomic E-state index is 6.05. The number of fused-ring (bicyclic) bond motifs is 1. The van der Waals surface area contributed by atoms with E-state index in [0.29, 0.717) is 11.1 Å². The van der Waals surface area contributed by atoms with Crippen LogP contribution < -0.4 is 14.7 Å². The predicted octanol–water partition coefficient (Wildman–Crippen LogP) is 3.24. The number of likely N-dealkylation sites (N-methyl/N-ethyl adjacent to an activating group) is 1. The van der Waals surface area contributed by atoms with Gasteiger partial charge in [-0.2, -0.15) is 4.98 Å². The Kier molecular flexibility index (Phi) is 5.17. The first-order valence-electron chi connectivity index (χ1n) is 9.42. The van der Waals surface area contributed by atoms with E-state index < -0.39 is 0 Å². The van der Waals surface area contributed by atoms with Crippen LogP contribution in [-0.4, -0.2) is 60.2 Å². The lowest BCUT2D eigenvalue weighted by Crippen LogP contribution is -2.47. The van der Waals surface area contributed by atoms with Gasteiger partial charge in [-0.05, 0) is 37.1 Å². The Bertz CT molecular complexity index is 978. The summed E-state index contributed by atoms with van der Waals surface area (Å²) in [6.45, 7) is 1.83. The van der Waals surface area contributed by atoms with Crippen LogP contribution in [0.1, 0.15) is 12.8 Å². The van der Waals surface area contributed by atoms with E-state index in [1.165, 1.54) is 0 Å². The zero-order valence-electron chi connectivity index (χ0n) is 16.4. The highest BCUT2D eigenvalue weighted by atomic mass is 35.5. The van der Waals surface area contributed by atoms with Gasteiger partial charge in [0.2, 0.25) is 5.95 Å². The first-order chi connectivity index (χ1) is 13.5. The Morgan fingerprint density at radius 1 is 1.07 bits per heavy atom. The lowest BCUT2D eigenvalue weighted by atomic mass is 10.0. The third-order valence-corrected chi connectivity index (χ3v) is 5.40. The molecule has 0 bridgehead atoms. The normalized spacial score (nSPS) is 17.0. The number of anilines is 3. The van der Waals surface area contributed by atoms with Gasteiger partial charge in [0.05, 0.1) is 17.2 Å². The van der Waals surface area contributed by atoms with E-state index >= 15 is 0 Å². The third-order valence-electron chi connectivity index (χ3n) is 5.16. The van der Waals surface area contributed by atoms with Gasteiger partial charge in [0.15, 0.2) is 0 Å². The summed E-state index contributed by atoms with van der Waals surface area (Å²) in [5, 5.41) is 0.675. The van der Waals surface area contributed by atoms with Crippen molar-refractivity contribution < 1.29 is 0 Å². The SMILES string of the molecule is CN(C)c1ccnc(N(C)C2CCCN(c3cnc4cc(Cl)ccc4n3)C2)n1. The highest BCUT2D eigenvalue weighted by Gasteiger charge is 2.26. The number of piperidine rings is 1. The minimum Gasteiger partial charge on any atom is -0.363 e. The summed E-state index contributed by atoms with van der Waals surface area (Å²) < 4.78 is 0. The minimum absolute atomic E-state index is 0.314. The quantitative estimate of drug-likeness (QED) is 0.669. The van der Waals surface area contributed by atoms with Crippen LogP contribution in [0.5, 0.6) is 0 Å². The first kappa shape index (κ1) is 18.7. The molecule has 1 unspecified atom stereocenters. The van der Waals surface area contributed by atoms with Crippen LogP contribution >= 0.6 is 11.6 Å². The van der Waals surface area contributed by atoms with E-state index in [9.17, 15) is 0 Å². The fraction of sp³-hybridized carbons (Fsp3) is 0.400. The second-order valence-electron chi connectivity index (χ2n) is 7.32. The van der Waals surface area contributed by atoms with Crippen molar-refractivity contribution in [2.24, 2.45) is 0 Å². The molecule has 3 heterocycles. The first-order valence-corrected chi connectivity index (χ1v) is 9.79. The second-order valence-corrected chi connectivity index (χ2v) is 7.76. The van der Waals surface area contributed by atoms with E-state index in [-0.39, 0.29) is 0 Å². The predicted molar refractivity (Wildman–Crippen MR) is 115 cm³/mol. The molecule has 0 saturated carbocycles. The molecule has 0 amide bonds. The highest BCUT2D eigenvalue weighted by molar-refractivity contribution is 6.31. The summed E-state index contributed by atoms with van der Waals surface area (Å²) >= 11 is 6.05. The molecule has 0 aliphatic carbocycles. The van der Waals surface area contributed by atoms with E-state index in [1.54, 1.807) is 0 Å². The van der Waals surface area contributed by atoms with Gasteiger partial charge < -0.3 is 14.7 Å². The molecule has 146 valence electrons. The zero-order chi connectivity index (χ0) is 19.7. The molecule has 0 spiro atoms. The molecule has 1 aromatic carbocycles. The molecule has 1 aliphatic rings. The van der Waals surface area contributed by atoms with Crippen molar-refractivity contribution in [3.63, 3.8) is 0 Å². The molecule has 8 heteroatoms. The molecule has 1 saturated heterocycles. The Morgan fingerprint density at radius 2 is 1.93 bits per heavy atom. The third kappa shape index (κ3) is 3.80. The van der Waals surface area contributed by atoms with E-state index in [0.717, 1.165) is 54.5 Å². The molecule has 4 rings (SSSR count). The molecule has 7 nitrogen and oxygen atoms in total. The van der Waals surface area contributed by atoms with Crippen LogP contribution in [0.2, 0.25) is 5.02 Å². The maximum atomic E-state index is 6.05. The molecule has 0 radical (unpaired) electrons. The van der Waals surface area contributed by atoms with Gasteiger partial charge in [0.1, 0.15) is 11.6 Å². The van der Waals surface area contributed by atoms with Gasteiger partial charge in [-0.15, -0.1) is 0 Å². The largest absolute Gasteiger partial charge is 0.363 e. The summed E-state index contributed by atoms with van der Waals surface area (Å²) in [6, 6.07) is 7.85. The molecule has 0 N–H and O–H groups in total. The maximum Gasteiger partial charge on any atom is 0.227 e. The molecule has 1 atom stereocenters. The highest BCUT2D eigenvalue weighted by Crippen LogP contribution is 2.25. The van der Waals surface area contributed by atoms with Crippen molar-refractivity contribution >= 4 is 40.2 Å². The van der Waals surface area contributed by atoms with Gasteiger partial charge in [0.25, 0.3) is 0 Å². The topological polar surface area (TPSA) is 61.3 Å². The van der Waals surface area contributed by atoms with Crippen molar-refractivity contribution in [3.8, 4) is 0 Å². The number of benzene rings is 1. The van der Waals surface area contributed by atoms with Gasteiger partial charge in [-0.1, -0.05) is 11.6 Å². The Balaban J connectivity index is 1.54. The molecule has 28 heavy (non-hydrogen) atoms. The Labute approximate surface area is 170 Å². The van der Waals surface area contributed by atoms with Gasteiger partial charge in [-0.3, -0.25) is 4.98 Å². The number of hydrogen-bond donors (Lipinski definition) is 0. The average molecular weight is 398 g/mol. The van der Waals surface area contributed by atoms with Crippen LogP contribution in [-0.2, 0) is 0 Å². The van der Waals surface area contributed by atoms with E-state index in [4.69, 9.17) is 16.6 Å². The molecule has 1 fully saturated rings. The summed E-state index contributed by atoms with van der Waals surface area (Å²) in [5.74, 6) is 2.55. The minimum atomic E-state index is 0.314. The Morgan fingerprint density at radius 3 is 2.75 bits per heavy atom. The van der Waals surface area contributed by atoms with Crippen molar-refractivity contribution in [3.05, 3.63) is 41.7 Å². The van der Waals surface area contributed by atoms with Crippen LogP contribution in [0.25, 0.3) is 11.0 Å². The summed E-state index contributed by atoms with van der Waals surface area (Å²) in [4.78, 5) is 24.9.